The van der Waals surface area contributed by atoms with Crippen LogP contribution in [0.15, 0.2) is 30.8 Å². The van der Waals surface area contributed by atoms with Gasteiger partial charge in [-0.2, -0.15) is 10.4 Å². The van der Waals surface area contributed by atoms with E-state index in [0.29, 0.717) is 0 Å². The summed E-state index contributed by atoms with van der Waals surface area (Å²) in [5, 5.41) is 28.8. The number of hydrogen-bond acceptors (Lipinski definition) is 6. The lowest BCUT2D eigenvalue weighted by Gasteiger charge is -2.13. The van der Waals surface area contributed by atoms with Crippen LogP contribution in [-0.2, 0) is 12.8 Å². The smallest absolute Gasteiger partial charge is 0.177 e. The fraction of sp³-hybridized carbons (Fsp3) is 0.474. The fourth-order valence-corrected chi connectivity index (χ4v) is 3.23. The van der Waals surface area contributed by atoms with Gasteiger partial charge >= 0.3 is 0 Å². The van der Waals surface area contributed by atoms with E-state index in [1.54, 1.807) is 0 Å². The summed E-state index contributed by atoms with van der Waals surface area (Å²) < 4.78 is 0. The average Bonchev–Trinajstić information content (AvgIpc) is 3.41. The largest absolute Gasteiger partial charge is 0.177 e. The molecule has 1 aromatic carbocycles. The van der Waals surface area contributed by atoms with Crippen LogP contribution in [0, 0.1) is 0 Å². The van der Waals surface area contributed by atoms with E-state index in [2.05, 4.69) is 72.1 Å². The third-order valence-electron chi connectivity index (χ3n) is 4.77. The Morgan fingerprint density at radius 3 is 2.33 bits per heavy atom. The Kier molecular flexibility index (Phi) is 7.20. The summed E-state index contributed by atoms with van der Waals surface area (Å²) in [6, 6.07) is 8.50. The summed E-state index contributed by atoms with van der Waals surface area (Å²) in [5.41, 5.74) is 2.42. The van der Waals surface area contributed by atoms with Crippen molar-refractivity contribution < 1.29 is 0 Å². The molecule has 0 bridgehead atoms. The monoisotopic (exact) mass is 366 g/mol. The fourth-order valence-electron chi connectivity index (χ4n) is 3.23. The molecule has 0 spiro atoms. The Morgan fingerprint density at radius 2 is 1.63 bits per heavy atom. The maximum atomic E-state index is 4.22. The Morgan fingerprint density at radius 1 is 0.889 bits per heavy atom. The lowest BCUT2D eigenvalue weighted by atomic mass is 9.92. The third-order valence-corrected chi connectivity index (χ3v) is 4.77. The van der Waals surface area contributed by atoms with Gasteiger partial charge in [-0.15, -0.1) is 20.4 Å². The lowest BCUT2D eigenvalue weighted by molar-refractivity contribution is 0.520. The highest BCUT2D eigenvalue weighted by molar-refractivity contribution is 5.47. The molecule has 27 heavy (non-hydrogen) atoms. The number of unbranched alkanes of at least 4 members (excludes halogenated alkanes) is 4. The second kappa shape index (κ2) is 10.3. The number of aromatic nitrogens is 8. The molecule has 1 atom stereocenters. The van der Waals surface area contributed by atoms with Gasteiger partial charge in [-0.25, -0.2) is 0 Å². The number of nitrogens with one attached hydrogen (secondary N) is 2. The highest BCUT2D eigenvalue weighted by atomic mass is 15.5. The van der Waals surface area contributed by atoms with E-state index in [1.807, 2.05) is 6.08 Å². The van der Waals surface area contributed by atoms with E-state index in [-0.39, 0.29) is 5.92 Å². The van der Waals surface area contributed by atoms with Crippen molar-refractivity contribution in [3.05, 3.63) is 53.6 Å². The van der Waals surface area contributed by atoms with Crippen molar-refractivity contribution in [2.24, 2.45) is 0 Å². The van der Waals surface area contributed by atoms with Gasteiger partial charge in [-0.1, -0.05) is 73.0 Å². The number of tetrazole rings is 2. The molecular weight excluding hydrogens is 340 g/mol. The van der Waals surface area contributed by atoms with Crippen molar-refractivity contribution in [1.82, 2.24) is 41.2 Å². The Bertz CT molecular complexity index is 765. The molecule has 8 nitrogen and oxygen atoms in total. The van der Waals surface area contributed by atoms with Gasteiger partial charge in [0.05, 0.1) is 0 Å². The molecule has 8 heteroatoms. The first-order valence-corrected chi connectivity index (χ1v) is 9.52. The SMILES string of the molecule is C=Cc1ccc(CC(CCCCCCCc2nn[nH]n2)c2nn[nH]n2)cc1. The number of H-pyrrole nitrogens is 2. The molecule has 0 aliphatic carbocycles. The van der Waals surface area contributed by atoms with Gasteiger partial charge in [0.25, 0.3) is 0 Å². The lowest BCUT2D eigenvalue weighted by Crippen LogP contribution is -2.06. The first kappa shape index (κ1) is 18.9. The molecule has 3 rings (SSSR count). The molecule has 1 unspecified atom stereocenters. The van der Waals surface area contributed by atoms with E-state index in [0.717, 1.165) is 49.3 Å². The van der Waals surface area contributed by atoms with Crippen molar-refractivity contribution in [1.29, 1.82) is 0 Å². The van der Waals surface area contributed by atoms with Crippen LogP contribution in [0.2, 0.25) is 0 Å². The first-order chi connectivity index (χ1) is 13.3. The van der Waals surface area contributed by atoms with Crippen LogP contribution in [0.3, 0.4) is 0 Å². The van der Waals surface area contributed by atoms with Crippen LogP contribution in [0.25, 0.3) is 6.08 Å². The maximum Gasteiger partial charge on any atom is 0.177 e. The van der Waals surface area contributed by atoms with Gasteiger partial charge in [0.2, 0.25) is 0 Å². The van der Waals surface area contributed by atoms with Crippen LogP contribution in [0.5, 0.6) is 0 Å². The van der Waals surface area contributed by atoms with Crippen molar-refractivity contribution >= 4 is 6.08 Å². The van der Waals surface area contributed by atoms with Crippen LogP contribution in [-0.4, -0.2) is 41.2 Å². The summed E-state index contributed by atoms with van der Waals surface area (Å²) in [6.07, 6.45) is 10.6. The zero-order valence-corrected chi connectivity index (χ0v) is 15.5. The molecule has 0 fully saturated rings. The summed E-state index contributed by atoms with van der Waals surface area (Å²) in [7, 11) is 0. The summed E-state index contributed by atoms with van der Waals surface area (Å²) >= 11 is 0. The van der Waals surface area contributed by atoms with Crippen molar-refractivity contribution in [3.8, 4) is 0 Å². The van der Waals surface area contributed by atoms with E-state index in [4.69, 9.17) is 0 Å². The molecule has 0 saturated carbocycles. The third kappa shape index (κ3) is 6.09. The first-order valence-electron chi connectivity index (χ1n) is 9.52. The Labute approximate surface area is 158 Å². The molecule has 2 aromatic heterocycles. The number of hydrogen-bond donors (Lipinski definition) is 2. The zero-order chi connectivity index (χ0) is 18.7. The molecular formula is C19H26N8. The normalized spacial score (nSPS) is 12.1. The minimum Gasteiger partial charge on any atom is -0.177 e. The van der Waals surface area contributed by atoms with Gasteiger partial charge in [0.1, 0.15) is 0 Å². The van der Waals surface area contributed by atoms with Crippen molar-refractivity contribution in [2.45, 2.75) is 57.3 Å². The summed E-state index contributed by atoms with van der Waals surface area (Å²) in [5.74, 6) is 1.90. The molecule has 142 valence electrons. The molecule has 3 aromatic rings. The molecule has 2 N–H and O–H groups in total. The highest BCUT2D eigenvalue weighted by Gasteiger charge is 2.16. The number of aryl methyl sites for hydroxylation is 1. The summed E-state index contributed by atoms with van der Waals surface area (Å²) in [6.45, 7) is 3.80. The van der Waals surface area contributed by atoms with Crippen LogP contribution in [0.4, 0.5) is 0 Å². The second-order valence-electron chi connectivity index (χ2n) is 6.75. The van der Waals surface area contributed by atoms with Gasteiger partial charge in [-0.05, 0) is 30.4 Å². The minimum atomic E-state index is 0.290. The predicted octanol–water partition coefficient (Wildman–Crippen LogP) is 3.27. The number of benzene rings is 1. The Hall–Kier alpha value is -2.90. The van der Waals surface area contributed by atoms with Gasteiger partial charge in [0, 0.05) is 12.3 Å². The van der Waals surface area contributed by atoms with Crippen LogP contribution >= 0.6 is 0 Å². The minimum absolute atomic E-state index is 0.290. The summed E-state index contributed by atoms with van der Waals surface area (Å²) in [4.78, 5) is 0. The van der Waals surface area contributed by atoms with E-state index < -0.39 is 0 Å². The van der Waals surface area contributed by atoms with E-state index >= 15 is 0 Å². The molecule has 2 heterocycles. The Balaban J connectivity index is 1.41. The van der Waals surface area contributed by atoms with Crippen LogP contribution < -0.4 is 0 Å². The molecule has 0 aliphatic rings. The molecule has 0 saturated heterocycles. The zero-order valence-electron chi connectivity index (χ0n) is 15.5. The average molecular weight is 366 g/mol. The highest BCUT2D eigenvalue weighted by Crippen LogP contribution is 2.24. The number of nitrogens with zero attached hydrogens (tertiary/aromatic N) is 6. The number of aromatic amines is 2. The standard InChI is InChI=1S/C19H26N8/c1-2-15-10-12-16(13-11-15)14-17(19-22-26-27-23-19)8-6-4-3-5-7-9-18-20-24-25-21-18/h2,10-13,17H,1,3-9,14H2,(H,20,21,24,25)(H,22,23,26,27). The quantitative estimate of drug-likeness (QED) is 0.476. The van der Waals surface area contributed by atoms with Crippen LogP contribution in [0.1, 0.15) is 67.2 Å². The van der Waals surface area contributed by atoms with Crippen molar-refractivity contribution in [2.75, 3.05) is 0 Å². The molecule has 0 aliphatic heterocycles. The predicted molar refractivity (Wildman–Crippen MR) is 103 cm³/mol. The maximum absolute atomic E-state index is 4.22. The van der Waals surface area contributed by atoms with Crippen molar-refractivity contribution in [3.63, 3.8) is 0 Å². The van der Waals surface area contributed by atoms with E-state index in [1.165, 1.54) is 24.8 Å². The van der Waals surface area contributed by atoms with E-state index in [9.17, 15) is 0 Å². The molecule has 0 radical (unpaired) electrons. The molecule has 0 amide bonds. The van der Waals surface area contributed by atoms with Gasteiger partial charge in [-0.3, -0.25) is 0 Å². The van der Waals surface area contributed by atoms with Gasteiger partial charge in [0.15, 0.2) is 11.6 Å². The number of rotatable bonds is 12. The van der Waals surface area contributed by atoms with Gasteiger partial charge < -0.3 is 0 Å². The second-order valence-corrected chi connectivity index (χ2v) is 6.75. The topological polar surface area (TPSA) is 109 Å².